The second-order valence-electron chi connectivity index (χ2n) is 5.85. The van der Waals surface area contributed by atoms with Crippen molar-refractivity contribution in [2.24, 2.45) is 17.6 Å². The third-order valence-corrected chi connectivity index (χ3v) is 4.56. The van der Waals surface area contributed by atoms with Crippen LogP contribution in [0.4, 0.5) is 0 Å². The molecule has 0 saturated heterocycles. The first-order valence-electron chi connectivity index (χ1n) is 7.06. The first-order chi connectivity index (χ1) is 9.15. The van der Waals surface area contributed by atoms with Crippen LogP contribution in [-0.2, 0) is 17.9 Å². The quantitative estimate of drug-likeness (QED) is 0.795. The molecule has 1 fully saturated rings. The van der Waals surface area contributed by atoms with Crippen molar-refractivity contribution in [1.29, 1.82) is 0 Å². The van der Waals surface area contributed by atoms with Gasteiger partial charge in [-0.1, -0.05) is 6.92 Å². The maximum Gasteiger partial charge on any atom is 0.226 e. The topological polar surface area (TPSA) is 77.0 Å². The standard InChI is InChI=1S/C13H21N5O/c1-9-2-3-10(6-11(9)14)13(19)17-4-5-18-8-15-16-12(18)7-17/h8-11H,2-7,14H2,1H3. The van der Waals surface area contributed by atoms with Crippen molar-refractivity contribution in [3.63, 3.8) is 0 Å². The zero-order valence-electron chi connectivity index (χ0n) is 11.3. The first kappa shape index (κ1) is 12.6. The summed E-state index contributed by atoms with van der Waals surface area (Å²) in [7, 11) is 0. The normalized spacial score (nSPS) is 31.1. The molecule has 2 heterocycles. The molecule has 6 heteroatoms. The lowest BCUT2D eigenvalue weighted by Crippen LogP contribution is -2.45. The minimum atomic E-state index is 0.0978. The van der Waals surface area contributed by atoms with Gasteiger partial charge in [-0.3, -0.25) is 4.79 Å². The highest BCUT2D eigenvalue weighted by atomic mass is 16.2. The molecule has 3 rings (SSSR count). The van der Waals surface area contributed by atoms with Crippen molar-refractivity contribution in [1.82, 2.24) is 19.7 Å². The predicted octanol–water partition coefficient (Wildman–Crippen LogP) is 0.384. The van der Waals surface area contributed by atoms with Crippen molar-refractivity contribution in [3.8, 4) is 0 Å². The maximum absolute atomic E-state index is 12.5. The minimum Gasteiger partial charge on any atom is -0.333 e. The average Bonchev–Trinajstić information content (AvgIpc) is 2.88. The zero-order valence-corrected chi connectivity index (χ0v) is 11.3. The molecule has 0 radical (unpaired) electrons. The third kappa shape index (κ3) is 2.36. The van der Waals surface area contributed by atoms with Gasteiger partial charge in [-0.2, -0.15) is 0 Å². The van der Waals surface area contributed by atoms with E-state index in [-0.39, 0.29) is 17.9 Å². The van der Waals surface area contributed by atoms with Crippen LogP contribution in [0.1, 0.15) is 32.0 Å². The molecule has 1 aliphatic carbocycles. The van der Waals surface area contributed by atoms with E-state index in [1.54, 1.807) is 6.33 Å². The Hall–Kier alpha value is -1.43. The lowest BCUT2D eigenvalue weighted by atomic mass is 9.79. The number of carbonyl (C=O) groups excluding carboxylic acids is 1. The number of hydrogen-bond donors (Lipinski definition) is 1. The molecule has 0 aromatic carbocycles. The average molecular weight is 263 g/mol. The van der Waals surface area contributed by atoms with Crippen LogP contribution in [0, 0.1) is 11.8 Å². The van der Waals surface area contributed by atoms with E-state index in [1.165, 1.54) is 0 Å². The molecule has 2 aliphatic rings. The van der Waals surface area contributed by atoms with Gasteiger partial charge in [0.25, 0.3) is 0 Å². The van der Waals surface area contributed by atoms with Gasteiger partial charge in [-0.25, -0.2) is 0 Å². The number of nitrogens with two attached hydrogens (primary N) is 1. The Balaban J connectivity index is 1.65. The molecule has 1 aromatic heterocycles. The summed E-state index contributed by atoms with van der Waals surface area (Å²) in [5.41, 5.74) is 6.10. The minimum absolute atomic E-state index is 0.0978. The Bertz CT molecular complexity index is 471. The highest BCUT2D eigenvalue weighted by Crippen LogP contribution is 2.29. The highest BCUT2D eigenvalue weighted by Gasteiger charge is 2.33. The summed E-state index contributed by atoms with van der Waals surface area (Å²) in [6.45, 7) is 4.31. The van der Waals surface area contributed by atoms with Crippen LogP contribution in [-0.4, -0.2) is 38.2 Å². The van der Waals surface area contributed by atoms with Crippen LogP contribution < -0.4 is 5.73 Å². The van der Waals surface area contributed by atoms with Crippen LogP contribution in [0.3, 0.4) is 0 Å². The van der Waals surface area contributed by atoms with Crippen molar-refractivity contribution >= 4 is 5.91 Å². The van der Waals surface area contributed by atoms with E-state index < -0.39 is 0 Å². The molecule has 104 valence electrons. The van der Waals surface area contributed by atoms with Crippen LogP contribution in [0.5, 0.6) is 0 Å². The Kier molecular flexibility index (Phi) is 3.26. The smallest absolute Gasteiger partial charge is 0.226 e. The summed E-state index contributed by atoms with van der Waals surface area (Å²) < 4.78 is 2.01. The fraction of sp³-hybridized carbons (Fsp3) is 0.769. The summed E-state index contributed by atoms with van der Waals surface area (Å²) in [4.78, 5) is 14.5. The van der Waals surface area contributed by atoms with Crippen molar-refractivity contribution in [2.75, 3.05) is 6.54 Å². The second kappa shape index (κ2) is 4.92. The molecule has 1 amide bonds. The van der Waals surface area contributed by atoms with Crippen molar-refractivity contribution in [2.45, 2.75) is 45.3 Å². The van der Waals surface area contributed by atoms with Crippen molar-refractivity contribution < 1.29 is 4.79 Å². The van der Waals surface area contributed by atoms with E-state index in [0.717, 1.165) is 38.2 Å². The Morgan fingerprint density at radius 1 is 1.42 bits per heavy atom. The molecule has 0 bridgehead atoms. The lowest BCUT2D eigenvalue weighted by molar-refractivity contribution is -0.138. The van der Waals surface area contributed by atoms with E-state index in [0.29, 0.717) is 12.5 Å². The summed E-state index contributed by atoms with van der Waals surface area (Å²) in [6.07, 6.45) is 4.58. The Morgan fingerprint density at radius 3 is 3.05 bits per heavy atom. The van der Waals surface area contributed by atoms with Crippen LogP contribution in [0.15, 0.2) is 6.33 Å². The molecule has 6 nitrogen and oxygen atoms in total. The van der Waals surface area contributed by atoms with E-state index >= 15 is 0 Å². The van der Waals surface area contributed by atoms with Crippen LogP contribution in [0.2, 0.25) is 0 Å². The number of rotatable bonds is 1. The monoisotopic (exact) mass is 263 g/mol. The number of nitrogens with zero attached hydrogens (tertiary/aromatic N) is 4. The van der Waals surface area contributed by atoms with E-state index in [1.807, 2.05) is 9.47 Å². The predicted molar refractivity (Wildman–Crippen MR) is 69.9 cm³/mol. The fourth-order valence-electron chi connectivity index (χ4n) is 3.09. The third-order valence-electron chi connectivity index (χ3n) is 4.56. The molecule has 3 unspecified atom stereocenters. The molecule has 2 N–H and O–H groups in total. The fourth-order valence-corrected chi connectivity index (χ4v) is 3.09. The van der Waals surface area contributed by atoms with Gasteiger partial charge in [-0.05, 0) is 25.2 Å². The van der Waals surface area contributed by atoms with Gasteiger partial charge in [0, 0.05) is 25.0 Å². The molecule has 3 atom stereocenters. The molecule has 1 saturated carbocycles. The molecular weight excluding hydrogens is 242 g/mol. The Labute approximate surface area is 113 Å². The van der Waals surface area contributed by atoms with Gasteiger partial charge < -0.3 is 15.2 Å². The van der Waals surface area contributed by atoms with Gasteiger partial charge >= 0.3 is 0 Å². The number of carbonyl (C=O) groups is 1. The number of amides is 1. The summed E-state index contributed by atoms with van der Waals surface area (Å²) >= 11 is 0. The van der Waals surface area contributed by atoms with Gasteiger partial charge in [0.15, 0.2) is 5.82 Å². The van der Waals surface area contributed by atoms with E-state index in [2.05, 4.69) is 17.1 Å². The van der Waals surface area contributed by atoms with Gasteiger partial charge in [-0.15, -0.1) is 10.2 Å². The van der Waals surface area contributed by atoms with Gasteiger partial charge in [0.1, 0.15) is 6.33 Å². The first-order valence-corrected chi connectivity index (χ1v) is 7.06. The largest absolute Gasteiger partial charge is 0.333 e. The van der Waals surface area contributed by atoms with E-state index in [9.17, 15) is 4.79 Å². The van der Waals surface area contributed by atoms with Gasteiger partial charge in [0.05, 0.1) is 6.54 Å². The molecule has 0 spiro atoms. The molecular formula is C13H21N5O. The summed E-state index contributed by atoms with van der Waals surface area (Å²) in [6, 6.07) is 0.163. The van der Waals surface area contributed by atoms with Crippen LogP contribution in [0.25, 0.3) is 0 Å². The molecule has 19 heavy (non-hydrogen) atoms. The summed E-state index contributed by atoms with van der Waals surface area (Å²) in [5, 5.41) is 7.94. The van der Waals surface area contributed by atoms with Gasteiger partial charge in [0.2, 0.25) is 5.91 Å². The zero-order chi connectivity index (χ0) is 13.4. The Morgan fingerprint density at radius 2 is 2.26 bits per heavy atom. The highest BCUT2D eigenvalue weighted by molar-refractivity contribution is 5.79. The van der Waals surface area contributed by atoms with Crippen LogP contribution >= 0.6 is 0 Å². The van der Waals surface area contributed by atoms with Crippen molar-refractivity contribution in [3.05, 3.63) is 12.2 Å². The number of aromatic nitrogens is 3. The molecule has 1 aromatic rings. The summed E-state index contributed by atoms with van der Waals surface area (Å²) in [5.74, 6) is 1.76. The van der Waals surface area contributed by atoms with E-state index in [4.69, 9.17) is 5.73 Å². The number of fused-ring (bicyclic) bond motifs is 1. The lowest BCUT2D eigenvalue weighted by Gasteiger charge is -2.35. The SMILES string of the molecule is CC1CCC(C(=O)N2CCn3cnnc3C2)CC1N. The number of hydrogen-bond acceptors (Lipinski definition) is 4. The maximum atomic E-state index is 12.5. The molecule has 1 aliphatic heterocycles. The second-order valence-corrected chi connectivity index (χ2v) is 5.85.